The highest BCUT2D eigenvalue weighted by molar-refractivity contribution is 7.89. The Labute approximate surface area is 283 Å². The number of benzene rings is 1. The van der Waals surface area contributed by atoms with Crippen molar-refractivity contribution in [1.29, 1.82) is 0 Å². The average molecular weight is 706 g/mol. The minimum atomic E-state index is -3.99. The van der Waals surface area contributed by atoms with Gasteiger partial charge in [0.05, 0.1) is 11.7 Å². The first kappa shape index (κ1) is 33.7. The molecule has 1 aromatic carbocycles. The van der Waals surface area contributed by atoms with Gasteiger partial charge in [-0.25, -0.2) is 18.2 Å². The van der Waals surface area contributed by atoms with Gasteiger partial charge in [-0.1, -0.05) is 11.6 Å². The summed E-state index contributed by atoms with van der Waals surface area (Å²) >= 11 is 7.50. The molecule has 5 heterocycles. The summed E-state index contributed by atoms with van der Waals surface area (Å²) in [6, 6.07) is 5.94. The van der Waals surface area contributed by atoms with E-state index in [9.17, 15) is 22.8 Å². The minimum absolute atomic E-state index is 0.0228. The van der Waals surface area contributed by atoms with E-state index < -0.39 is 27.8 Å². The molecule has 2 fully saturated rings. The Morgan fingerprint density at radius 1 is 1.04 bits per heavy atom. The third kappa shape index (κ3) is 7.28. The summed E-state index contributed by atoms with van der Waals surface area (Å²) in [7, 11) is -1.96. The second-order valence-corrected chi connectivity index (χ2v) is 16.7. The van der Waals surface area contributed by atoms with Crippen LogP contribution in [0.1, 0.15) is 47.6 Å². The quantitative estimate of drug-likeness (QED) is 0.427. The summed E-state index contributed by atoms with van der Waals surface area (Å²) in [4.78, 5) is 56.0. The first-order valence-electron chi connectivity index (χ1n) is 15.7. The van der Waals surface area contributed by atoms with Crippen LogP contribution < -0.4 is 0 Å². The number of aromatic amines is 1. The normalized spacial score (nSPS) is 20.0. The minimum Gasteiger partial charge on any atom is -0.444 e. The molecular weight excluding hydrogens is 666 g/mol. The number of nitrogens with one attached hydrogen (secondary N) is 1. The first-order chi connectivity index (χ1) is 22.2. The number of carbonyl (C=O) groups excluding carboxylic acids is 3. The Morgan fingerprint density at radius 2 is 1.77 bits per heavy atom. The molecule has 3 aromatic rings. The van der Waals surface area contributed by atoms with E-state index in [1.54, 1.807) is 59.7 Å². The summed E-state index contributed by atoms with van der Waals surface area (Å²) in [5, 5.41) is 1.54. The van der Waals surface area contributed by atoms with Gasteiger partial charge in [0, 0.05) is 92.5 Å². The maximum Gasteiger partial charge on any atom is 0.410 e. The number of nitrogens with zero attached hydrogens (tertiary/aromatic N) is 6. The molecule has 3 aliphatic heterocycles. The fourth-order valence-electron chi connectivity index (χ4n) is 6.18. The number of fused-ring (bicyclic) bond motifs is 2. The molecule has 0 aliphatic carbocycles. The van der Waals surface area contributed by atoms with E-state index in [1.165, 1.54) is 15.6 Å². The number of carbonyl (C=O) groups is 3. The molecule has 6 rings (SSSR count). The average Bonchev–Trinajstić information content (AvgIpc) is 3.64. The number of sulfonamides is 1. The van der Waals surface area contributed by atoms with Crippen molar-refractivity contribution in [2.45, 2.75) is 56.8 Å². The lowest BCUT2D eigenvalue weighted by Gasteiger charge is -2.41. The van der Waals surface area contributed by atoms with Gasteiger partial charge >= 0.3 is 6.09 Å². The maximum absolute atomic E-state index is 14.0. The van der Waals surface area contributed by atoms with Crippen LogP contribution in [0, 0.1) is 0 Å². The van der Waals surface area contributed by atoms with E-state index in [-0.39, 0.29) is 42.9 Å². The molecule has 0 bridgehead atoms. The molecule has 0 radical (unpaired) electrons. The lowest BCUT2D eigenvalue weighted by Crippen LogP contribution is -2.58. The third-order valence-corrected chi connectivity index (χ3v) is 11.8. The van der Waals surface area contributed by atoms with Gasteiger partial charge in [0.25, 0.3) is 15.9 Å². The third-order valence-electron chi connectivity index (χ3n) is 8.68. The van der Waals surface area contributed by atoms with Gasteiger partial charge in [-0.15, -0.1) is 11.3 Å². The van der Waals surface area contributed by atoms with E-state index >= 15 is 0 Å². The van der Waals surface area contributed by atoms with Crippen molar-refractivity contribution < 1.29 is 27.5 Å². The number of thiazole rings is 1. The molecule has 254 valence electrons. The highest BCUT2D eigenvalue weighted by Gasteiger charge is 2.40. The highest BCUT2D eigenvalue weighted by Crippen LogP contribution is 2.30. The van der Waals surface area contributed by atoms with Crippen LogP contribution >= 0.6 is 22.9 Å². The zero-order valence-electron chi connectivity index (χ0n) is 27.0. The number of rotatable bonds is 5. The number of hydrogen-bond acceptors (Lipinski definition) is 9. The van der Waals surface area contributed by atoms with E-state index in [0.717, 1.165) is 30.1 Å². The van der Waals surface area contributed by atoms with Crippen LogP contribution in [0.2, 0.25) is 5.02 Å². The summed E-state index contributed by atoms with van der Waals surface area (Å²) in [6.07, 6.45) is 0.264. The van der Waals surface area contributed by atoms with Crippen LogP contribution in [-0.2, 0) is 32.5 Å². The number of amides is 3. The smallest absolute Gasteiger partial charge is 0.410 e. The molecule has 1 unspecified atom stereocenters. The molecule has 0 spiro atoms. The molecular formula is C31H40ClN7O6S2. The fraction of sp³-hybridized carbons (Fsp3) is 0.548. The predicted molar refractivity (Wildman–Crippen MR) is 178 cm³/mol. The fourth-order valence-corrected chi connectivity index (χ4v) is 8.98. The lowest BCUT2D eigenvalue weighted by atomic mass is 10.1. The number of hydrogen-bond donors (Lipinski definition) is 1. The second-order valence-electron chi connectivity index (χ2n) is 13.3. The number of halogens is 1. The Bertz CT molecular complexity index is 1790. The molecule has 1 atom stereocenters. The first-order valence-corrected chi connectivity index (χ1v) is 18.3. The highest BCUT2D eigenvalue weighted by atomic mass is 35.5. The van der Waals surface area contributed by atoms with Crippen LogP contribution in [-0.4, -0.2) is 131 Å². The van der Waals surface area contributed by atoms with Crippen molar-refractivity contribution in [2.75, 3.05) is 59.4 Å². The number of H-pyrrole nitrogens is 1. The number of piperazine rings is 2. The molecule has 2 saturated heterocycles. The second kappa shape index (κ2) is 13.0. The van der Waals surface area contributed by atoms with E-state index in [2.05, 4.69) is 14.9 Å². The van der Waals surface area contributed by atoms with Gasteiger partial charge in [-0.05, 0) is 52.1 Å². The SMILES string of the molecule is CN1CCc2nc(C(=O)N3CCN(S(=O)(=O)c4cc5cc(Cl)ccc5[nH]4)CC3CC(=O)N3CCN(C(=O)OC(C)(C)C)CC3)sc2C1. The van der Waals surface area contributed by atoms with Crippen LogP contribution in [0.25, 0.3) is 10.9 Å². The molecule has 2 aromatic heterocycles. The lowest BCUT2D eigenvalue weighted by molar-refractivity contribution is -0.134. The maximum atomic E-state index is 14.0. The van der Waals surface area contributed by atoms with Crippen molar-refractivity contribution in [1.82, 2.24) is 33.9 Å². The van der Waals surface area contributed by atoms with Crippen LogP contribution in [0.5, 0.6) is 0 Å². The summed E-state index contributed by atoms with van der Waals surface area (Å²) in [5.41, 5.74) is 0.934. The van der Waals surface area contributed by atoms with Crippen molar-refractivity contribution in [3.8, 4) is 0 Å². The van der Waals surface area contributed by atoms with E-state index in [1.807, 2.05) is 7.05 Å². The van der Waals surface area contributed by atoms with Crippen LogP contribution in [0.4, 0.5) is 4.79 Å². The standard InChI is InChI=1S/C31H40ClN7O6S2/c1-31(2,3)45-30(42)37-11-9-36(10-12-37)27(40)17-22-18-38(47(43,44)26-16-20-15-21(32)5-6-23(20)33-26)13-14-39(22)29(41)28-34-24-7-8-35(4)19-25(24)46-28/h5-6,15-16,22,33H,7-14,17-19H2,1-4H3. The number of aromatic nitrogens is 2. The molecule has 0 saturated carbocycles. The number of ether oxygens (including phenoxy) is 1. The summed E-state index contributed by atoms with van der Waals surface area (Å²) < 4.78 is 34.6. The Balaban J connectivity index is 1.21. The molecule has 47 heavy (non-hydrogen) atoms. The summed E-state index contributed by atoms with van der Waals surface area (Å²) in [5.74, 6) is -0.506. The van der Waals surface area contributed by atoms with Crippen molar-refractivity contribution in [2.24, 2.45) is 0 Å². The van der Waals surface area contributed by atoms with Gasteiger partial charge in [-0.3, -0.25) is 9.59 Å². The Morgan fingerprint density at radius 3 is 2.49 bits per heavy atom. The molecule has 16 heteroatoms. The molecule has 13 nitrogen and oxygen atoms in total. The van der Waals surface area contributed by atoms with Crippen molar-refractivity contribution >= 4 is 61.8 Å². The number of likely N-dealkylation sites (N-methyl/N-ethyl adjacent to an activating group) is 1. The topological polar surface area (TPSA) is 139 Å². The van der Waals surface area contributed by atoms with Gasteiger partial charge in [-0.2, -0.15) is 4.31 Å². The van der Waals surface area contributed by atoms with Crippen LogP contribution in [0.15, 0.2) is 29.3 Å². The molecule has 3 amide bonds. The molecule has 1 N–H and O–H groups in total. The van der Waals surface area contributed by atoms with Gasteiger partial charge in [0.15, 0.2) is 5.01 Å². The van der Waals surface area contributed by atoms with Crippen LogP contribution in [0.3, 0.4) is 0 Å². The van der Waals surface area contributed by atoms with Gasteiger partial charge < -0.3 is 29.3 Å². The van der Waals surface area contributed by atoms with Gasteiger partial charge in [0.1, 0.15) is 10.6 Å². The summed E-state index contributed by atoms with van der Waals surface area (Å²) in [6.45, 7) is 8.37. The Hall–Kier alpha value is -3.24. The largest absolute Gasteiger partial charge is 0.444 e. The monoisotopic (exact) mass is 705 g/mol. The van der Waals surface area contributed by atoms with E-state index in [0.29, 0.717) is 47.1 Å². The zero-order chi connectivity index (χ0) is 33.7. The van der Waals surface area contributed by atoms with E-state index in [4.69, 9.17) is 16.3 Å². The van der Waals surface area contributed by atoms with Crippen molar-refractivity contribution in [3.05, 3.63) is 44.9 Å². The Kier molecular flexibility index (Phi) is 9.30. The predicted octanol–water partition coefficient (Wildman–Crippen LogP) is 3.25. The molecule has 3 aliphatic rings. The van der Waals surface area contributed by atoms with Gasteiger partial charge in [0.2, 0.25) is 5.91 Å². The van der Waals surface area contributed by atoms with Crippen molar-refractivity contribution in [3.63, 3.8) is 0 Å². The zero-order valence-corrected chi connectivity index (χ0v) is 29.4.